The maximum Gasteiger partial charge on any atom is 0.306 e. The highest BCUT2D eigenvalue weighted by molar-refractivity contribution is 5.98. The van der Waals surface area contributed by atoms with Crippen LogP contribution >= 0.6 is 0 Å². The number of hydrogen-bond donors (Lipinski definition) is 0. The number of unbranched alkanes of at least 4 members (excludes halogenated alkanes) is 10. The molecule has 0 aromatic carbocycles. The third-order valence-electron chi connectivity index (χ3n) is 4.94. The van der Waals surface area contributed by atoms with Crippen LogP contribution in [0.4, 0.5) is 0 Å². The molecule has 1 aliphatic rings. The van der Waals surface area contributed by atoms with Gasteiger partial charge in [0.25, 0.3) is 8.05 Å². The molecule has 0 aliphatic carbocycles. The van der Waals surface area contributed by atoms with Gasteiger partial charge in [-0.05, 0) is 6.42 Å². The van der Waals surface area contributed by atoms with Gasteiger partial charge in [0.1, 0.15) is 6.61 Å². The molecule has 0 saturated carbocycles. The molecule has 26 heavy (non-hydrogen) atoms. The van der Waals surface area contributed by atoms with Crippen LogP contribution in [0.5, 0.6) is 0 Å². The molecule has 1 aliphatic heterocycles. The van der Waals surface area contributed by atoms with E-state index in [0.29, 0.717) is 19.3 Å². The lowest BCUT2D eigenvalue weighted by Gasteiger charge is -2.26. The first-order valence-corrected chi connectivity index (χ1v) is 10.3. The molecule has 1 unspecified atom stereocenters. The number of esters is 2. The zero-order valence-corrected chi connectivity index (χ0v) is 16.4. The molecule has 0 bridgehead atoms. The summed E-state index contributed by atoms with van der Waals surface area (Å²) in [6.07, 6.45) is 14.9. The Hall–Kier alpha value is -1.04. The number of hydrogen-bond acceptors (Lipinski definition) is 5. The Morgan fingerprint density at radius 2 is 1.58 bits per heavy atom. The van der Waals surface area contributed by atoms with Gasteiger partial charge in [0.05, 0.1) is 6.61 Å². The quantitative estimate of drug-likeness (QED) is 0.230. The SMILES string of the molecule is [B]OCC1(COC(=O)CCCCCCCCCCCCC)CCC(=O)O1. The highest BCUT2D eigenvalue weighted by Crippen LogP contribution is 2.27. The summed E-state index contributed by atoms with van der Waals surface area (Å²) in [5.74, 6) is -0.552. The minimum absolute atomic E-state index is 0.0206. The van der Waals surface area contributed by atoms with Crippen molar-refractivity contribution in [3.63, 3.8) is 0 Å². The van der Waals surface area contributed by atoms with Gasteiger partial charge in [-0.3, -0.25) is 9.59 Å². The summed E-state index contributed by atoms with van der Waals surface area (Å²) in [4.78, 5) is 23.2. The zero-order valence-electron chi connectivity index (χ0n) is 16.4. The van der Waals surface area contributed by atoms with E-state index in [1.807, 2.05) is 0 Å². The maximum absolute atomic E-state index is 11.9. The molecule has 0 aromatic heterocycles. The molecule has 1 saturated heterocycles. The van der Waals surface area contributed by atoms with Crippen molar-refractivity contribution in [1.29, 1.82) is 0 Å². The van der Waals surface area contributed by atoms with Crippen LogP contribution in [0, 0.1) is 0 Å². The van der Waals surface area contributed by atoms with E-state index in [0.717, 1.165) is 12.8 Å². The van der Waals surface area contributed by atoms with E-state index in [9.17, 15) is 9.59 Å². The molecule has 0 spiro atoms. The Balaban J connectivity index is 1.97. The van der Waals surface area contributed by atoms with Crippen molar-refractivity contribution in [2.24, 2.45) is 0 Å². The number of carbonyl (C=O) groups excluding carboxylic acids is 2. The second-order valence-corrected chi connectivity index (χ2v) is 7.41. The zero-order chi connectivity index (χ0) is 19.1. The van der Waals surface area contributed by atoms with Crippen molar-refractivity contribution in [3.05, 3.63) is 0 Å². The Labute approximate surface area is 160 Å². The van der Waals surface area contributed by atoms with Crippen molar-refractivity contribution in [1.82, 2.24) is 0 Å². The molecule has 1 heterocycles. The Kier molecular flexibility index (Phi) is 12.5. The van der Waals surface area contributed by atoms with Gasteiger partial charge in [0.15, 0.2) is 5.60 Å². The average Bonchev–Trinajstić information content (AvgIpc) is 2.99. The molecule has 6 heteroatoms. The van der Waals surface area contributed by atoms with Gasteiger partial charge in [-0.1, -0.05) is 71.1 Å². The lowest BCUT2D eigenvalue weighted by Crippen LogP contribution is -2.40. The standard InChI is InChI=1S/C20H35BO5/c1-2-3-4-5-6-7-8-9-10-11-12-13-18(22)24-16-20(17-25-21)15-14-19(23)26-20/h2-17H2,1H3. The first-order valence-electron chi connectivity index (χ1n) is 10.3. The maximum atomic E-state index is 11.9. The normalized spacial score (nSPS) is 19.5. The third kappa shape index (κ3) is 10.2. The van der Waals surface area contributed by atoms with E-state index in [2.05, 4.69) is 11.6 Å². The van der Waals surface area contributed by atoms with Crippen molar-refractivity contribution >= 4 is 20.0 Å². The summed E-state index contributed by atoms with van der Waals surface area (Å²) < 4.78 is 15.1. The fraction of sp³-hybridized carbons (Fsp3) is 0.900. The van der Waals surface area contributed by atoms with E-state index in [1.165, 1.54) is 57.8 Å². The fourth-order valence-electron chi connectivity index (χ4n) is 3.29. The predicted octanol–water partition coefficient (Wildman–Crippen LogP) is 4.41. The first-order chi connectivity index (χ1) is 12.6. The Morgan fingerprint density at radius 1 is 1.00 bits per heavy atom. The summed E-state index contributed by atoms with van der Waals surface area (Å²) in [7, 11) is 5.09. The average molecular weight is 366 g/mol. The summed E-state index contributed by atoms with van der Waals surface area (Å²) in [6, 6.07) is 0. The number of ether oxygens (including phenoxy) is 2. The molecular formula is C20H35BO5. The van der Waals surface area contributed by atoms with Crippen LogP contribution in [0.25, 0.3) is 0 Å². The summed E-state index contributed by atoms with van der Waals surface area (Å²) in [5, 5.41) is 0. The smallest absolute Gasteiger partial charge is 0.306 e. The molecular weight excluding hydrogens is 331 g/mol. The fourth-order valence-corrected chi connectivity index (χ4v) is 3.29. The monoisotopic (exact) mass is 366 g/mol. The van der Waals surface area contributed by atoms with Crippen LogP contribution in [-0.4, -0.2) is 38.8 Å². The minimum Gasteiger partial charge on any atom is -0.461 e. The van der Waals surface area contributed by atoms with Gasteiger partial charge in [0, 0.05) is 19.3 Å². The molecule has 0 aromatic rings. The first kappa shape index (κ1) is 23.0. The molecule has 148 valence electrons. The van der Waals surface area contributed by atoms with Gasteiger partial charge in [-0.2, -0.15) is 0 Å². The lowest BCUT2D eigenvalue weighted by atomic mass is 10.0. The van der Waals surface area contributed by atoms with Gasteiger partial charge < -0.3 is 14.1 Å². The molecule has 1 fully saturated rings. The van der Waals surface area contributed by atoms with E-state index < -0.39 is 5.60 Å². The van der Waals surface area contributed by atoms with Crippen LogP contribution in [0.1, 0.15) is 96.8 Å². The molecule has 0 N–H and O–H groups in total. The topological polar surface area (TPSA) is 61.8 Å². The van der Waals surface area contributed by atoms with Gasteiger partial charge >= 0.3 is 11.9 Å². The van der Waals surface area contributed by atoms with E-state index >= 15 is 0 Å². The second-order valence-electron chi connectivity index (χ2n) is 7.41. The number of rotatable bonds is 16. The van der Waals surface area contributed by atoms with Gasteiger partial charge in [-0.25, -0.2) is 0 Å². The molecule has 1 atom stereocenters. The van der Waals surface area contributed by atoms with Crippen LogP contribution in [0.3, 0.4) is 0 Å². The highest BCUT2D eigenvalue weighted by Gasteiger charge is 2.41. The summed E-state index contributed by atoms with van der Waals surface area (Å²) in [5.41, 5.74) is -0.904. The minimum atomic E-state index is -0.904. The van der Waals surface area contributed by atoms with Crippen LogP contribution in [-0.2, 0) is 23.7 Å². The van der Waals surface area contributed by atoms with Crippen molar-refractivity contribution in [3.8, 4) is 0 Å². The van der Waals surface area contributed by atoms with E-state index in [1.54, 1.807) is 0 Å². The summed E-state index contributed by atoms with van der Waals surface area (Å²) >= 11 is 0. The number of cyclic esters (lactones) is 1. The Morgan fingerprint density at radius 3 is 2.08 bits per heavy atom. The third-order valence-corrected chi connectivity index (χ3v) is 4.94. The molecule has 1 rings (SSSR count). The highest BCUT2D eigenvalue weighted by atomic mass is 16.6. The van der Waals surface area contributed by atoms with E-state index in [-0.39, 0.29) is 25.2 Å². The van der Waals surface area contributed by atoms with Crippen molar-refractivity contribution in [2.75, 3.05) is 13.2 Å². The summed E-state index contributed by atoms with van der Waals surface area (Å²) in [6.45, 7) is 2.31. The largest absolute Gasteiger partial charge is 0.461 e. The van der Waals surface area contributed by atoms with E-state index in [4.69, 9.17) is 17.5 Å². The molecule has 0 amide bonds. The van der Waals surface area contributed by atoms with Crippen LogP contribution in [0.2, 0.25) is 0 Å². The molecule has 2 radical (unpaired) electrons. The van der Waals surface area contributed by atoms with Gasteiger partial charge in [0.2, 0.25) is 0 Å². The predicted molar refractivity (Wildman–Crippen MR) is 102 cm³/mol. The number of carbonyl (C=O) groups is 2. The van der Waals surface area contributed by atoms with Gasteiger partial charge in [-0.15, -0.1) is 0 Å². The second kappa shape index (κ2) is 14.1. The lowest BCUT2D eigenvalue weighted by molar-refractivity contribution is -0.165. The van der Waals surface area contributed by atoms with Crippen LogP contribution < -0.4 is 0 Å². The Bertz CT molecular complexity index is 402. The van der Waals surface area contributed by atoms with Crippen molar-refractivity contribution < 1.29 is 23.7 Å². The van der Waals surface area contributed by atoms with Crippen molar-refractivity contribution in [2.45, 2.75) is 102 Å². The van der Waals surface area contributed by atoms with Crippen LogP contribution in [0.15, 0.2) is 0 Å². The molecule has 5 nitrogen and oxygen atoms in total.